The molecule has 3 rings (SSSR count). The number of aromatic nitrogens is 2. The lowest BCUT2D eigenvalue weighted by Gasteiger charge is -2.27. The van der Waals surface area contributed by atoms with Crippen LogP contribution in [0.4, 0.5) is 5.95 Å². The molecule has 1 fully saturated rings. The van der Waals surface area contributed by atoms with E-state index in [0.29, 0.717) is 5.92 Å². The Morgan fingerprint density at radius 2 is 1.86 bits per heavy atom. The van der Waals surface area contributed by atoms with Gasteiger partial charge in [-0.3, -0.25) is 0 Å². The minimum absolute atomic E-state index is 0.485. The Morgan fingerprint density at radius 1 is 1.10 bits per heavy atom. The molecule has 0 aliphatic carbocycles. The van der Waals surface area contributed by atoms with Gasteiger partial charge in [-0.25, -0.2) is 9.97 Å². The zero-order chi connectivity index (χ0) is 14.7. The van der Waals surface area contributed by atoms with Gasteiger partial charge in [-0.2, -0.15) is 0 Å². The highest BCUT2D eigenvalue weighted by Gasteiger charge is 2.15. The van der Waals surface area contributed by atoms with Gasteiger partial charge in [0, 0.05) is 37.9 Å². The summed E-state index contributed by atoms with van der Waals surface area (Å²) in [4.78, 5) is 11.5. The fraction of sp³-hybridized carbons (Fsp3) is 0.412. The number of piperazine rings is 1. The highest BCUT2D eigenvalue weighted by molar-refractivity contribution is 5.65. The average molecular weight is 282 g/mol. The fourth-order valence-corrected chi connectivity index (χ4v) is 2.75. The van der Waals surface area contributed by atoms with Crippen LogP contribution >= 0.6 is 0 Å². The molecule has 0 atom stereocenters. The van der Waals surface area contributed by atoms with Gasteiger partial charge >= 0.3 is 0 Å². The summed E-state index contributed by atoms with van der Waals surface area (Å²) in [5, 5.41) is 3.36. The van der Waals surface area contributed by atoms with Crippen LogP contribution in [-0.2, 0) is 0 Å². The number of rotatable bonds is 3. The van der Waals surface area contributed by atoms with Gasteiger partial charge in [0.25, 0.3) is 0 Å². The van der Waals surface area contributed by atoms with Gasteiger partial charge in [-0.1, -0.05) is 38.1 Å². The molecule has 4 nitrogen and oxygen atoms in total. The first-order valence-corrected chi connectivity index (χ1v) is 7.63. The second kappa shape index (κ2) is 6.22. The van der Waals surface area contributed by atoms with Gasteiger partial charge in [0.15, 0.2) is 0 Å². The summed E-state index contributed by atoms with van der Waals surface area (Å²) in [6, 6.07) is 10.5. The van der Waals surface area contributed by atoms with E-state index in [4.69, 9.17) is 4.98 Å². The minimum atomic E-state index is 0.485. The first-order chi connectivity index (χ1) is 10.3. The van der Waals surface area contributed by atoms with E-state index >= 15 is 0 Å². The zero-order valence-corrected chi connectivity index (χ0v) is 12.7. The predicted molar refractivity (Wildman–Crippen MR) is 86.6 cm³/mol. The first kappa shape index (κ1) is 14.0. The maximum atomic E-state index is 4.80. The Hall–Kier alpha value is -1.94. The van der Waals surface area contributed by atoms with E-state index in [1.165, 1.54) is 11.1 Å². The van der Waals surface area contributed by atoms with E-state index in [1.54, 1.807) is 0 Å². The van der Waals surface area contributed by atoms with Crippen molar-refractivity contribution in [2.75, 3.05) is 31.1 Å². The summed E-state index contributed by atoms with van der Waals surface area (Å²) in [5.74, 6) is 1.33. The summed E-state index contributed by atoms with van der Waals surface area (Å²) in [5.41, 5.74) is 3.57. The van der Waals surface area contributed by atoms with Crippen molar-refractivity contribution in [1.82, 2.24) is 15.3 Å². The molecule has 0 bridgehead atoms. The largest absolute Gasteiger partial charge is 0.338 e. The first-order valence-electron chi connectivity index (χ1n) is 7.63. The van der Waals surface area contributed by atoms with Crippen molar-refractivity contribution in [2.45, 2.75) is 19.8 Å². The molecule has 0 amide bonds. The molecule has 21 heavy (non-hydrogen) atoms. The van der Waals surface area contributed by atoms with E-state index in [1.807, 2.05) is 12.3 Å². The zero-order valence-electron chi connectivity index (χ0n) is 12.7. The lowest BCUT2D eigenvalue weighted by Crippen LogP contribution is -2.44. The fourth-order valence-electron chi connectivity index (χ4n) is 2.75. The molecule has 0 unspecified atom stereocenters. The molecule has 1 N–H and O–H groups in total. The van der Waals surface area contributed by atoms with Crippen LogP contribution in [-0.4, -0.2) is 36.1 Å². The van der Waals surface area contributed by atoms with Gasteiger partial charge in [-0.05, 0) is 17.5 Å². The van der Waals surface area contributed by atoms with Crippen molar-refractivity contribution in [1.29, 1.82) is 0 Å². The third kappa shape index (κ3) is 3.05. The highest BCUT2D eigenvalue weighted by Crippen LogP contribution is 2.28. The average Bonchev–Trinajstić information content (AvgIpc) is 2.56. The maximum absolute atomic E-state index is 4.80. The van der Waals surface area contributed by atoms with Gasteiger partial charge in [0.1, 0.15) is 0 Å². The SMILES string of the molecule is CC(C)c1ccccc1-c1ccnc(N2CCNCC2)n1. The van der Waals surface area contributed by atoms with Crippen molar-refractivity contribution in [3.8, 4) is 11.3 Å². The molecule has 110 valence electrons. The van der Waals surface area contributed by atoms with E-state index in [9.17, 15) is 0 Å². The number of hydrogen-bond acceptors (Lipinski definition) is 4. The number of benzene rings is 1. The molecule has 1 aromatic carbocycles. The van der Waals surface area contributed by atoms with Crippen LogP contribution in [0, 0.1) is 0 Å². The van der Waals surface area contributed by atoms with Crippen LogP contribution < -0.4 is 10.2 Å². The molecule has 1 saturated heterocycles. The molecular formula is C17H22N4. The Morgan fingerprint density at radius 3 is 2.62 bits per heavy atom. The van der Waals surface area contributed by atoms with Gasteiger partial charge in [-0.15, -0.1) is 0 Å². The number of anilines is 1. The van der Waals surface area contributed by atoms with Crippen molar-refractivity contribution < 1.29 is 0 Å². The maximum Gasteiger partial charge on any atom is 0.225 e. The van der Waals surface area contributed by atoms with Crippen molar-refractivity contribution in [3.05, 3.63) is 42.1 Å². The summed E-state index contributed by atoms with van der Waals surface area (Å²) < 4.78 is 0. The molecular weight excluding hydrogens is 260 g/mol. The molecule has 1 aliphatic rings. The lowest BCUT2D eigenvalue weighted by molar-refractivity contribution is 0.580. The van der Waals surface area contributed by atoms with Crippen LogP contribution in [0.25, 0.3) is 11.3 Å². The minimum Gasteiger partial charge on any atom is -0.338 e. The van der Waals surface area contributed by atoms with E-state index in [-0.39, 0.29) is 0 Å². The lowest BCUT2D eigenvalue weighted by atomic mass is 9.95. The monoisotopic (exact) mass is 282 g/mol. The Labute approximate surface area is 126 Å². The predicted octanol–water partition coefficient (Wildman–Crippen LogP) is 2.68. The van der Waals surface area contributed by atoms with E-state index in [0.717, 1.165) is 37.8 Å². The quantitative estimate of drug-likeness (QED) is 0.939. The second-order valence-electron chi connectivity index (χ2n) is 5.72. The highest BCUT2D eigenvalue weighted by atomic mass is 15.3. The van der Waals surface area contributed by atoms with Gasteiger partial charge in [0.2, 0.25) is 5.95 Å². The summed E-state index contributed by atoms with van der Waals surface area (Å²) >= 11 is 0. The van der Waals surface area contributed by atoms with Crippen LogP contribution in [0.3, 0.4) is 0 Å². The Kier molecular flexibility index (Phi) is 4.15. The number of nitrogens with zero attached hydrogens (tertiary/aromatic N) is 3. The number of nitrogens with one attached hydrogen (secondary N) is 1. The molecule has 4 heteroatoms. The second-order valence-corrected chi connectivity index (χ2v) is 5.72. The molecule has 0 saturated carbocycles. The summed E-state index contributed by atoms with van der Waals surface area (Å²) in [7, 11) is 0. The van der Waals surface area contributed by atoms with Crippen LogP contribution in [0.5, 0.6) is 0 Å². The van der Waals surface area contributed by atoms with E-state index < -0.39 is 0 Å². The van der Waals surface area contributed by atoms with Crippen molar-refractivity contribution >= 4 is 5.95 Å². The van der Waals surface area contributed by atoms with Gasteiger partial charge < -0.3 is 10.2 Å². The number of hydrogen-bond donors (Lipinski definition) is 1. The molecule has 0 radical (unpaired) electrons. The summed E-state index contributed by atoms with van der Waals surface area (Å²) in [6.45, 7) is 8.37. The van der Waals surface area contributed by atoms with Crippen molar-refractivity contribution in [2.24, 2.45) is 0 Å². The Bertz CT molecular complexity index is 603. The van der Waals surface area contributed by atoms with Crippen LogP contribution in [0.1, 0.15) is 25.3 Å². The normalized spacial score (nSPS) is 15.5. The third-order valence-electron chi connectivity index (χ3n) is 3.90. The molecule has 0 spiro atoms. The van der Waals surface area contributed by atoms with Crippen LogP contribution in [0.2, 0.25) is 0 Å². The van der Waals surface area contributed by atoms with Crippen molar-refractivity contribution in [3.63, 3.8) is 0 Å². The van der Waals surface area contributed by atoms with Crippen LogP contribution in [0.15, 0.2) is 36.5 Å². The standard InChI is InChI=1S/C17H22N4/c1-13(2)14-5-3-4-6-15(14)16-7-8-19-17(20-16)21-11-9-18-10-12-21/h3-8,13,18H,9-12H2,1-2H3. The summed E-state index contributed by atoms with van der Waals surface area (Å²) in [6.07, 6.45) is 1.87. The molecule has 1 aliphatic heterocycles. The molecule has 2 heterocycles. The molecule has 2 aromatic rings. The smallest absolute Gasteiger partial charge is 0.225 e. The third-order valence-corrected chi connectivity index (χ3v) is 3.90. The molecule has 1 aromatic heterocycles. The Balaban J connectivity index is 1.96. The van der Waals surface area contributed by atoms with Gasteiger partial charge in [0.05, 0.1) is 5.69 Å². The van der Waals surface area contributed by atoms with E-state index in [2.05, 4.69) is 53.3 Å². The topological polar surface area (TPSA) is 41.1 Å².